The highest BCUT2D eigenvalue weighted by Gasteiger charge is 2.35. The largest absolute Gasteiger partial charge is 0.494 e. The second-order valence-corrected chi connectivity index (χ2v) is 7.32. The van der Waals surface area contributed by atoms with Gasteiger partial charge in [0.1, 0.15) is 11.3 Å². The molecule has 0 fully saturated rings. The van der Waals surface area contributed by atoms with Crippen molar-refractivity contribution in [2.75, 3.05) is 6.61 Å². The predicted molar refractivity (Wildman–Crippen MR) is 117 cm³/mol. The summed E-state index contributed by atoms with van der Waals surface area (Å²) in [6.07, 6.45) is 1.96. The Morgan fingerprint density at radius 1 is 1.23 bits per heavy atom. The van der Waals surface area contributed by atoms with E-state index in [0.29, 0.717) is 13.0 Å². The monoisotopic (exact) mass is 428 g/mol. The number of nitrogens with one attached hydrogen (secondary N) is 1. The fourth-order valence-electron chi connectivity index (χ4n) is 3.61. The number of aromatic amines is 1. The average molecular weight is 428 g/mol. The molecule has 9 nitrogen and oxygen atoms in total. The van der Waals surface area contributed by atoms with E-state index in [1.807, 2.05) is 38.1 Å². The van der Waals surface area contributed by atoms with Crippen LogP contribution in [-0.4, -0.2) is 37.9 Å². The van der Waals surface area contributed by atoms with Crippen LogP contribution >= 0.6 is 0 Å². The number of hydrazone groups is 1. The average Bonchev–Trinajstić information content (AvgIpc) is 3.18. The first-order valence-electron chi connectivity index (χ1n) is 10.6. The Labute approximate surface area is 180 Å². The van der Waals surface area contributed by atoms with Gasteiger partial charge in [-0.15, -0.1) is 0 Å². The summed E-state index contributed by atoms with van der Waals surface area (Å²) in [6, 6.07) is 6.93. The highest BCUT2D eigenvalue weighted by molar-refractivity contribution is 6.04. The van der Waals surface area contributed by atoms with E-state index in [4.69, 9.17) is 4.74 Å². The lowest BCUT2D eigenvalue weighted by molar-refractivity contribution is -0.132. The summed E-state index contributed by atoms with van der Waals surface area (Å²) in [4.78, 5) is 39.5. The standard InChI is InChI=1S/C22H28N4O5/c1-4-7-12-25-21(29)19(20(28)23-22(25)30)16-13-17(26(24-16)18(27)5-2)14-8-10-15(11-9-14)31-6-3/h8-11,17,29H,4-7,12-13H2,1-3H3,(H,23,28,30). The molecule has 31 heavy (non-hydrogen) atoms. The first kappa shape index (κ1) is 22.3. The van der Waals surface area contributed by atoms with Gasteiger partial charge in [0, 0.05) is 19.4 Å². The van der Waals surface area contributed by atoms with Gasteiger partial charge in [0.2, 0.25) is 11.8 Å². The molecule has 2 aromatic rings. The summed E-state index contributed by atoms with van der Waals surface area (Å²) in [7, 11) is 0. The first-order valence-corrected chi connectivity index (χ1v) is 10.6. The SMILES string of the molecule is CCCCn1c(O)c(C2=NN(C(=O)CC)C(c3ccc(OCC)cc3)C2)c(=O)[nH]c1=O. The van der Waals surface area contributed by atoms with Crippen LogP contribution in [0.25, 0.3) is 0 Å². The molecular weight excluding hydrogens is 400 g/mol. The molecule has 0 spiro atoms. The van der Waals surface area contributed by atoms with Crippen LogP contribution in [0.2, 0.25) is 0 Å². The maximum Gasteiger partial charge on any atom is 0.331 e. The van der Waals surface area contributed by atoms with Crippen LogP contribution in [0, 0.1) is 0 Å². The first-order chi connectivity index (χ1) is 14.9. The number of hydrogen-bond acceptors (Lipinski definition) is 6. The number of aromatic hydroxyl groups is 1. The molecule has 9 heteroatoms. The van der Waals surface area contributed by atoms with Gasteiger partial charge < -0.3 is 9.84 Å². The molecule has 1 unspecified atom stereocenters. The van der Waals surface area contributed by atoms with Crippen molar-refractivity contribution in [1.29, 1.82) is 0 Å². The van der Waals surface area contributed by atoms with Crippen molar-refractivity contribution in [3.63, 3.8) is 0 Å². The lowest BCUT2D eigenvalue weighted by Crippen LogP contribution is -2.33. The van der Waals surface area contributed by atoms with E-state index in [2.05, 4.69) is 10.1 Å². The zero-order valence-corrected chi connectivity index (χ0v) is 18.1. The van der Waals surface area contributed by atoms with Crippen molar-refractivity contribution in [1.82, 2.24) is 14.6 Å². The molecule has 2 heterocycles. The Morgan fingerprint density at radius 2 is 1.94 bits per heavy atom. The van der Waals surface area contributed by atoms with E-state index in [1.165, 1.54) is 5.01 Å². The van der Waals surface area contributed by atoms with E-state index in [0.717, 1.165) is 22.3 Å². The van der Waals surface area contributed by atoms with E-state index < -0.39 is 23.2 Å². The summed E-state index contributed by atoms with van der Waals surface area (Å²) >= 11 is 0. The van der Waals surface area contributed by atoms with E-state index >= 15 is 0 Å². The molecular formula is C22H28N4O5. The molecule has 0 aliphatic carbocycles. The summed E-state index contributed by atoms with van der Waals surface area (Å²) in [5.41, 5.74) is -0.352. The molecule has 1 amide bonds. The smallest absolute Gasteiger partial charge is 0.331 e. The molecule has 1 atom stereocenters. The van der Waals surface area contributed by atoms with Gasteiger partial charge in [-0.25, -0.2) is 9.80 Å². The Kier molecular flexibility index (Phi) is 6.94. The highest BCUT2D eigenvalue weighted by Crippen LogP contribution is 2.34. The molecule has 1 aliphatic rings. The molecule has 1 aromatic heterocycles. The van der Waals surface area contributed by atoms with Gasteiger partial charge in [-0.05, 0) is 31.0 Å². The maximum atomic E-state index is 12.6. The highest BCUT2D eigenvalue weighted by atomic mass is 16.5. The lowest BCUT2D eigenvalue weighted by atomic mass is 9.99. The van der Waals surface area contributed by atoms with Crippen molar-refractivity contribution in [3.05, 3.63) is 56.2 Å². The van der Waals surface area contributed by atoms with Gasteiger partial charge in [-0.2, -0.15) is 5.10 Å². The summed E-state index contributed by atoms with van der Waals surface area (Å²) in [5, 5.41) is 16.5. The molecule has 3 rings (SSSR count). The topological polar surface area (TPSA) is 117 Å². The third-order valence-electron chi connectivity index (χ3n) is 5.24. The van der Waals surface area contributed by atoms with Gasteiger partial charge in [0.25, 0.3) is 5.56 Å². The number of H-pyrrole nitrogens is 1. The molecule has 0 bridgehead atoms. The number of nitrogens with zero attached hydrogens (tertiary/aromatic N) is 3. The minimum Gasteiger partial charge on any atom is -0.494 e. The van der Waals surface area contributed by atoms with Crippen LogP contribution < -0.4 is 16.0 Å². The van der Waals surface area contributed by atoms with Crippen molar-refractivity contribution in [3.8, 4) is 11.6 Å². The number of ether oxygens (including phenoxy) is 1. The third-order valence-corrected chi connectivity index (χ3v) is 5.24. The van der Waals surface area contributed by atoms with E-state index in [9.17, 15) is 19.5 Å². The van der Waals surface area contributed by atoms with Gasteiger partial charge in [0.05, 0.1) is 18.4 Å². The Bertz CT molecular complexity index is 1080. The number of rotatable bonds is 8. The number of amides is 1. The van der Waals surface area contributed by atoms with Crippen molar-refractivity contribution < 1.29 is 14.6 Å². The fraction of sp³-hybridized carbons (Fsp3) is 0.455. The van der Waals surface area contributed by atoms with Gasteiger partial charge in [-0.1, -0.05) is 32.4 Å². The van der Waals surface area contributed by atoms with Gasteiger partial charge >= 0.3 is 5.69 Å². The number of carbonyl (C=O) groups excluding carboxylic acids is 1. The van der Waals surface area contributed by atoms with Crippen LogP contribution in [0.15, 0.2) is 39.0 Å². The molecule has 2 N–H and O–H groups in total. The second-order valence-electron chi connectivity index (χ2n) is 7.32. The van der Waals surface area contributed by atoms with E-state index in [1.54, 1.807) is 6.92 Å². The summed E-state index contributed by atoms with van der Waals surface area (Å²) < 4.78 is 6.62. The Balaban J connectivity index is 2.02. The van der Waals surface area contributed by atoms with Crippen LogP contribution in [-0.2, 0) is 11.3 Å². The van der Waals surface area contributed by atoms with Crippen molar-refractivity contribution in [2.45, 2.75) is 59.0 Å². The van der Waals surface area contributed by atoms with Crippen LogP contribution in [0.5, 0.6) is 11.6 Å². The molecule has 166 valence electrons. The predicted octanol–water partition coefficient (Wildman–Crippen LogP) is 2.53. The quantitative estimate of drug-likeness (QED) is 0.670. The Morgan fingerprint density at radius 3 is 2.55 bits per heavy atom. The molecule has 1 aliphatic heterocycles. The number of aromatic nitrogens is 2. The zero-order chi connectivity index (χ0) is 22.5. The van der Waals surface area contributed by atoms with Gasteiger partial charge in [0.15, 0.2) is 0 Å². The normalized spacial score (nSPS) is 15.8. The van der Waals surface area contributed by atoms with E-state index in [-0.39, 0.29) is 36.6 Å². The zero-order valence-electron chi connectivity index (χ0n) is 18.1. The molecule has 1 aromatic carbocycles. The minimum atomic E-state index is -0.717. The number of unbranched alkanes of at least 4 members (excludes halogenated alkanes) is 1. The molecule has 0 radical (unpaired) electrons. The number of hydrogen-bond donors (Lipinski definition) is 2. The van der Waals surface area contributed by atoms with Crippen LogP contribution in [0.1, 0.15) is 63.6 Å². The minimum absolute atomic E-state index is 0.0713. The second kappa shape index (κ2) is 9.63. The Hall–Kier alpha value is -3.36. The fourth-order valence-corrected chi connectivity index (χ4v) is 3.61. The van der Waals surface area contributed by atoms with Gasteiger partial charge in [-0.3, -0.25) is 19.1 Å². The van der Waals surface area contributed by atoms with Crippen molar-refractivity contribution in [2.24, 2.45) is 5.10 Å². The molecule has 0 saturated heterocycles. The number of benzene rings is 1. The third kappa shape index (κ3) is 4.55. The van der Waals surface area contributed by atoms with Crippen molar-refractivity contribution >= 4 is 11.6 Å². The molecule has 0 saturated carbocycles. The van der Waals surface area contributed by atoms with Crippen LogP contribution in [0.3, 0.4) is 0 Å². The summed E-state index contributed by atoms with van der Waals surface area (Å²) in [5.74, 6) is 0.0946. The lowest BCUT2D eigenvalue weighted by Gasteiger charge is -2.21. The summed E-state index contributed by atoms with van der Waals surface area (Å²) in [6.45, 7) is 6.42. The van der Waals surface area contributed by atoms with Crippen LogP contribution in [0.4, 0.5) is 0 Å². The maximum absolute atomic E-state index is 12.6. The number of carbonyl (C=O) groups is 1.